The van der Waals surface area contributed by atoms with E-state index in [-0.39, 0.29) is 0 Å². The predicted octanol–water partition coefficient (Wildman–Crippen LogP) is 3.40. The molecule has 0 amide bonds. The molecule has 0 atom stereocenters. The Bertz CT molecular complexity index is 615. The summed E-state index contributed by atoms with van der Waals surface area (Å²) in [4.78, 5) is 0. The monoisotopic (exact) mass is 289 g/mol. The van der Waals surface area contributed by atoms with Crippen LogP contribution in [0.1, 0.15) is 5.56 Å². The molecule has 2 N–H and O–H groups in total. The number of anilines is 1. The second kappa shape index (κ2) is 6.26. The van der Waals surface area contributed by atoms with Crippen LogP contribution in [0, 0.1) is 6.92 Å². The molecular weight excluding hydrogens is 270 g/mol. The summed E-state index contributed by atoms with van der Waals surface area (Å²) in [6.07, 6.45) is 0. The van der Waals surface area contributed by atoms with Crippen LogP contribution in [-0.2, 0) is 0 Å². The van der Waals surface area contributed by atoms with E-state index in [9.17, 15) is 0 Å². The van der Waals surface area contributed by atoms with E-state index in [1.165, 1.54) is 0 Å². The van der Waals surface area contributed by atoms with E-state index in [4.69, 9.17) is 24.7 Å². The summed E-state index contributed by atoms with van der Waals surface area (Å²) < 4.78 is 21.8. The van der Waals surface area contributed by atoms with Crippen LogP contribution in [0.2, 0.25) is 0 Å². The Balaban J connectivity index is 2.40. The number of nitrogen functional groups attached to an aromatic ring is 1. The number of hydrogen-bond donors (Lipinski definition) is 1. The van der Waals surface area contributed by atoms with Gasteiger partial charge in [0.2, 0.25) is 5.75 Å². The largest absolute Gasteiger partial charge is 0.493 e. The van der Waals surface area contributed by atoms with Crippen molar-refractivity contribution < 1.29 is 18.9 Å². The third-order valence-corrected chi connectivity index (χ3v) is 3.07. The van der Waals surface area contributed by atoms with Crippen LogP contribution in [0.25, 0.3) is 0 Å². The van der Waals surface area contributed by atoms with Crippen LogP contribution < -0.4 is 24.7 Å². The van der Waals surface area contributed by atoms with Gasteiger partial charge in [0, 0.05) is 17.8 Å². The Labute approximate surface area is 124 Å². The second-order valence-electron chi connectivity index (χ2n) is 4.49. The van der Waals surface area contributed by atoms with Gasteiger partial charge in [0.15, 0.2) is 11.5 Å². The zero-order chi connectivity index (χ0) is 15.4. The smallest absolute Gasteiger partial charge is 0.203 e. The highest BCUT2D eigenvalue weighted by molar-refractivity contribution is 5.57. The third-order valence-electron chi connectivity index (χ3n) is 3.07. The molecule has 0 aliphatic heterocycles. The highest BCUT2D eigenvalue weighted by atomic mass is 16.5. The maximum Gasteiger partial charge on any atom is 0.203 e. The molecule has 2 aromatic rings. The number of rotatable bonds is 5. The molecule has 2 rings (SSSR count). The minimum Gasteiger partial charge on any atom is -0.493 e. The van der Waals surface area contributed by atoms with Crippen LogP contribution >= 0.6 is 0 Å². The Morgan fingerprint density at radius 2 is 1.43 bits per heavy atom. The molecule has 0 heterocycles. The van der Waals surface area contributed by atoms with Gasteiger partial charge in [0.25, 0.3) is 0 Å². The first-order valence-corrected chi connectivity index (χ1v) is 6.43. The summed E-state index contributed by atoms with van der Waals surface area (Å²) in [5.41, 5.74) is 7.38. The number of methoxy groups -OCH3 is 3. The summed E-state index contributed by atoms with van der Waals surface area (Å²) in [5, 5.41) is 0. The van der Waals surface area contributed by atoms with Gasteiger partial charge in [-0.25, -0.2) is 0 Å². The fourth-order valence-electron chi connectivity index (χ4n) is 2.03. The molecule has 0 saturated carbocycles. The van der Waals surface area contributed by atoms with Crippen molar-refractivity contribution in [1.29, 1.82) is 0 Å². The molecular formula is C16H19NO4. The maximum atomic E-state index is 5.88. The minimum atomic E-state index is 0.529. The van der Waals surface area contributed by atoms with Crippen molar-refractivity contribution >= 4 is 5.69 Å². The summed E-state index contributed by atoms with van der Waals surface area (Å²) in [6.45, 7) is 1.93. The average molecular weight is 289 g/mol. The topological polar surface area (TPSA) is 62.9 Å². The van der Waals surface area contributed by atoms with Crippen molar-refractivity contribution in [1.82, 2.24) is 0 Å². The first kappa shape index (κ1) is 14.8. The molecule has 5 heteroatoms. The lowest BCUT2D eigenvalue weighted by Crippen LogP contribution is -1.96. The quantitative estimate of drug-likeness (QED) is 0.855. The molecule has 0 spiro atoms. The lowest BCUT2D eigenvalue weighted by molar-refractivity contribution is 0.321. The van der Waals surface area contributed by atoms with Crippen molar-refractivity contribution in [2.75, 3.05) is 27.1 Å². The molecule has 0 fully saturated rings. The Kier molecular flexibility index (Phi) is 4.42. The van der Waals surface area contributed by atoms with E-state index in [0.717, 1.165) is 11.3 Å². The van der Waals surface area contributed by atoms with E-state index < -0.39 is 0 Å². The molecule has 5 nitrogen and oxygen atoms in total. The lowest BCUT2D eigenvalue weighted by Gasteiger charge is -2.15. The molecule has 0 saturated heterocycles. The van der Waals surface area contributed by atoms with Gasteiger partial charge < -0.3 is 24.7 Å². The summed E-state index contributed by atoms with van der Waals surface area (Å²) >= 11 is 0. The molecule has 0 unspecified atom stereocenters. The van der Waals surface area contributed by atoms with Gasteiger partial charge >= 0.3 is 0 Å². The maximum absolute atomic E-state index is 5.88. The van der Waals surface area contributed by atoms with Crippen molar-refractivity contribution in [2.45, 2.75) is 6.92 Å². The minimum absolute atomic E-state index is 0.529. The number of benzene rings is 2. The second-order valence-corrected chi connectivity index (χ2v) is 4.49. The molecule has 0 radical (unpaired) electrons. The first-order chi connectivity index (χ1) is 10.1. The highest BCUT2D eigenvalue weighted by Gasteiger charge is 2.14. The molecule has 21 heavy (non-hydrogen) atoms. The highest BCUT2D eigenvalue weighted by Crippen LogP contribution is 2.42. The van der Waals surface area contributed by atoms with E-state index in [0.29, 0.717) is 28.7 Å². The van der Waals surface area contributed by atoms with Crippen molar-refractivity contribution in [3.63, 3.8) is 0 Å². The fraction of sp³-hybridized carbons (Fsp3) is 0.250. The summed E-state index contributed by atoms with van der Waals surface area (Å²) in [7, 11) is 4.69. The summed E-state index contributed by atoms with van der Waals surface area (Å²) in [6, 6.07) is 8.97. The zero-order valence-corrected chi connectivity index (χ0v) is 12.6. The van der Waals surface area contributed by atoms with Gasteiger partial charge in [-0.15, -0.1) is 0 Å². The molecule has 0 bridgehead atoms. The summed E-state index contributed by atoms with van der Waals surface area (Å²) in [5.74, 6) is 2.93. The van der Waals surface area contributed by atoms with E-state index >= 15 is 0 Å². The van der Waals surface area contributed by atoms with Gasteiger partial charge in [-0.3, -0.25) is 0 Å². The van der Waals surface area contributed by atoms with Gasteiger partial charge in [-0.2, -0.15) is 0 Å². The third kappa shape index (κ3) is 3.13. The molecule has 2 aromatic carbocycles. The van der Waals surface area contributed by atoms with Crippen LogP contribution in [-0.4, -0.2) is 21.3 Å². The van der Waals surface area contributed by atoms with Crippen LogP contribution in [0.5, 0.6) is 28.7 Å². The van der Waals surface area contributed by atoms with Crippen LogP contribution in [0.3, 0.4) is 0 Å². The normalized spacial score (nSPS) is 10.1. The van der Waals surface area contributed by atoms with Gasteiger partial charge in [-0.05, 0) is 30.7 Å². The Hall–Kier alpha value is -2.56. The van der Waals surface area contributed by atoms with Crippen molar-refractivity contribution in [3.8, 4) is 28.7 Å². The van der Waals surface area contributed by atoms with E-state index in [2.05, 4.69) is 0 Å². The van der Waals surface area contributed by atoms with Gasteiger partial charge in [0.05, 0.1) is 21.3 Å². The predicted molar refractivity (Wildman–Crippen MR) is 81.8 cm³/mol. The Morgan fingerprint density at radius 3 is 1.90 bits per heavy atom. The molecule has 0 aliphatic carbocycles. The Morgan fingerprint density at radius 1 is 0.810 bits per heavy atom. The molecule has 0 aromatic heterocycles. The first-order valence-electron chi connectivity index (χ1n) is 6.43. The molecule has 112 valence electrons. The lowest BCUT2D eigenvalue weighted by atomic mass is 10.2. The van der Waals surface area contributed by atoms with Crippen LogP contribution in [0.4, 0.5) is 5.69 Å². The fourth-order valence-corrected chi connectivity index (χ4v) is 2.03. The number of aryl methyl sites for hydroxylation is 1. The van der Waals surface area contributed by atoms with Crippen LogP contribution in [0.15, 0.2) is 30.3 Å². The van der Waals surface area contributed by atoms with E-state index in [1.807, 2.05) is 19.1 Å². The number of nitrogens with two attached hydrogens (primary N) is 1. The van der Waals surface area contributed by atoms with Gasteiger partial charge in [-0.1, -0.05) is 0 Å². The van der Waals surface area contributed by atoms with Gasteiger partial charge in [0.1, 0.15) is 11.5 Å². The van der Waals surface area contributed by atoms with Crippen molar-refractivity contribution in [2.24, 2.45) is 0 Å². The SMILES string of the molecule is COc1cc(Oc2ccc(N)cc2C)cc(OC)c1OC. The average Bonchev–Trinajstić information content (AvgIpc) is 2.49. The number of hydrogen-bond acceptors (Lipinski definition) is 5. The zero-order valence-electron chi connectivity index (χ0n) is 12.6. The standard InChI is InChI=1S/C16H19NO4/c1-10-7-11(17)5-6-13(10)21-12-8-14(18-2)16(20-4)15(9-12)19-3/h5-9H,17H2,1-4H3. The van der Waals surface area contributed by atoms with E-state index in [1.54, 1.807) is 39.5 Å². The van der Waals surface area contributed by atoms with Crippen molar-refractivity contribution in [3.05, 3.63) is 35.9 Å². The number of ether oxygens (including phenoxy) is 4. The molecule has 0 aliphatic rings.